The van der Waals surface area contributed by atoms with E-state index >= 15 is 0 Å². The monoisotopic (exact) mass is 185 g/mol. The van der Waals surface area contributed by atoms with Crippen LogP contribution in [0.25, 0.3) is 0 Å². The summed E-state index contributed by atoms with van der Waals surface area (Å²) in [4.78, 5) is 1.23. The van der Waals surface area contributed by atoms with Crippen molar-refractivity contribution in [1.82, 2.24) is 5.32 Å². The van der Waals surface area contributed by atoms with Crippen LogP contribution in [-0.2, 0) is 12.8 Å². The molecule has 1 aliphatic carbocycles. The number of rotatable bonds is 1. The number of likely N-dealkylation sites (N-methyl/N-ethyl adjacent to an activating group) is 1. The highest BCUT2D eigenvalue weighted by molar-refractivity contribution is 7.10. The Morgan fingerprint density at radius 2 is 2.50 bits per heavy atom. The van der Waals surface area contributed by atoms with Crippen LogP contribution >= 0.6 is 11.3 Å². The maximum atomic E-state index is 12.8. The van der Waals surface area contributed by atoms with Gasteiger partial charge in [-0.15, -0.1) is 11.3 Å². The topological polar surface area (TPSA) is 12.0 Å². The second kappa shape index (κ2) is 3.15. The van der Waals surface area contributed by atoms with Gasteiger partial charge in [0.1, 0.15) is 0 Å². The van der Waals surface area contributed by atoms with Crippen molar-refractivity contribution in [2.24, 2.45) is 0 Å². The number of fused-ring (bicyclic) bond motifs is 1. The summed E-state index contributed by atoms with van der Waals surface area (Å²) < 4.78 is 12.8. The third-order valence-electron chi connectivity index (χ3n) is 2.47. The largest absolute Gasteiger partial charge is 0.317 e. The Labute approximate surface area is 75.6 Å². The number of halogens is 1. The molecular formula is C9H12FNS. The van der Waals surface area contributed by atoms with E-state index in [9.17, 15) is 4.39 Å². The van der Waals surface area contributed by atoms with E-state index in [4.69, 9.17) is 0 Å². The lowest BCUT2D eigenvalue weighted by Crippen LogP contribution is -2.30. The fourth-order valence-corrected chi connectivity index (χ4v) is 2.73. The van der Waals surface area contributed by atoms with E-state index < -0.39 is 0 Å². The van der Waals surface area contributed by atoms with Gasteiger partial charge in [0.2, 0.25) is 0 Å². The highest BCUT2D eigenvalue weighted by Crippen LogP contribution is 2.28. The number of hydrogen-bond acceptors (Lipinski definition) is 2. The van der Waals surface area contributed by atoms with E-state index in [0.29, 0.717) is 6.04 Å². The highest BCUT2D eigenvalue weighted by atomic mass is 32.1. The van der Waals surface area contributed by atoms with Gasteiger partial charge in [-0.1, -0.05) is 0 Å². The molecule has 12 heavy (non-hydrogen) atoms. The van der Waals surface area contributed by atoms with Crippen molar-refractivity contribution >= 4 is 11.3 Å². The van der Waals surface area contributed by atoms with Crippen LogP contribution in [0.15, 0.2) is 6.07 Å². The molecular weight excluding hydrogens is 173 g/mol. The van der Waals surface area contributed by atoms with E-state index in [1.807, 2.05) is 7.05 Å². The van der Waals surface area contributed by atoms with Gasteiger partial charge in [-0.05, 0) is 37.9 Å². The van der Waals surface area contributed by atoms with Crippen LogP contribution in [0, 0.1) is 5.13 Å². The molecule has 3 heteroatoms. The van der Waals surface area contributed by atoms with Gasteiger partial charge in [-0.25, -0.2) is 0 Å². The predicted molar refractivity (Wildman–Crippen MR) is 49.1 cm³/mol. The molecule has 0 saturated carbocycles. The van der Waals surface area contributed by atoms with Crippen LogP contribution in [0.2, 0.25) is 0 Å². The lowest BCUT2D eigenvalue weighted by Gasteiger charge is -2.20. The van der Waals surface area contributed by atoms with E-state index in [2.05, 4.69) is 5.32 Å². The standard InChI is InChI=1S/C9H12FNS/c1-11-7-3-2-6-4-9(10)12-8(6)5-7/h4,7,11H,2-3,5H2,1H3. The van der Waals surface area contributed by atoms with Crippen LogP contribution in [0.4, 0.5) is 4.39 Å². The molecule has 0 fully saturated rings. The van der Waals surface area contributed by atoms with Crippen LogP contribution in [0.1, 0.15) is 16.9 Å². The van der Waals surface area contributed by atoms with Crippen molar-refractivity contribution in [2.45, 2.75) is 25.3 Å². The molecule has 1 heterocycles. The van der Waals surface area contributed by atoms with Crippen molar-refractivity contribution < 1.29 is 4.39 Å². The zero-order valence-electron chi connectivity index (χ0n) is 7.06. The maximum Gasteiger partial charge on any atom is 0.176 e. The molecule has 66 valence electrons. The molecule has 1 N–H and O–H groups in total. The Hall–Kier alpha value is -0.410. The predicted octanol–water partition coefficient (Wildman–Crippen LogP) is 1.96. The first-order valence-corrected chi connectivity index (χ1v) is 5.05. The average Bonchev–Trinajstić information content (AvgIpc) is 2.43. The highest BCUT2D eigenvalue weighted by Gasteiger charge is 2.19. The van der Waals surface area contributed by atoms with Crippen molar-refractivity contribution in [3.05, 3.63) is 21.6 Å². The summed E-state index contributed by atoms with van der Waals surface area (Å²) in [5, 5.41) is 3.21. The van der Waals surface area contributed by atoms with Gasteiger partial charge >= 0.3 is 0 Å². The zero-order valence-corrected chi connectivity index (χ0v) is 7.88. The van der Waals surface area contributed by atoms with Crippen LogP contribution in [0.3, 0.4) is 0 Å². The minimum atomic E-state index is -0.0308. The van der Waals surface area contributed by atoms with E-state index in [1.54, 1.807) is 6.07 Å². The fraction of sp³-hybridized carbons (Fsp3) is 0.556. The van der Waals surface area contributed by atoms with Crippen LogP contribution < -0.4 is 5.32 Å². The summed E-state index contributed by atoms with van der Waals surface area (Å²) in [7, 11) is 1.97. The molecule has 0 amide bonds. The molecule has 1 atom stereocenters. The fourth-order valence-electron chi connectivity index (χ4n) is 1.72. The van der Waals surface area contributed by atoms with Gasteiger partial charge in [-0.2, -0.15) is 4.39 Å². The maximum absolute atomic E-state index is 12.8. The molecule has 0 bridgehead atoms. The van der Waals surface area contributed by atoms with Gasteiger partial charge in [-0.3, -0.25) is 0 Å². The number of nitrogens with one attached hydrogen (secondary N) is 1. The first kappa shape index (κ1) is 8.20. The summed E-state index contributed by atoms with van der Waals surface area (Å²) in [6.07, 6.45) is 3.17. The summed E-state index contributed by atoms with van der Waals surface area (Å²) in [6.45, 7) is 0. The van der Waals surface area contributed by atoms with Crippen molar-refractivity contribution in [1.29, 1.82) is 0 Å². The second-order valence-corrected chi connectivity index (χ2v) is 4.31. The van der Waals surface area contributed by atoms with Gasteiger partial charge in [0.15, 0.2) is 5.13 Å². The van der Waals surface area contributed by atoms with Crippen molar-refractivity contribution in [2.75, 3.05) is 7.05 Å². The summed E-state index contributed by atoms with van der Waals surface area (Å²) in [6, 6.07) is 2.24. The molecule has 2 rings (SSSR count). The lowest BCUT2D eigenvalue weighted by atomic mass is 9.95. The first-order valence-electron chi connectivity index (χ1n) is 4.24. The smallest absolute Gasteiger partial charge is 0.176 e. The van der Waals surface area contributed by atoms with Gasteiger partial charge in [0.05, 0.1) is 0 Å². The van der Waals surface area contributed by atoms with E-state index in [0.717, 1.165) is 19.3 Å². The van der Waals surface area contributed by atoms with Crippen molar-refractivity contribution in [3.63, 3.8) is 0 Å². The zero-order chi connectivity index (χ0) is 8.55. The molecule has 0 aromatic carbocycles. The Kier molecular flexibility index (Phi) is 2.15. The third-order valence-corrected chi connectivity index (χ3v) is 3.46. The molecule has 1 aromatic heterocycles. The van der Waals surface area contributed by atoms with Gasteiger partial charge in [0, 0.05) is 10.9 Å². The minimum Gasteiger partial charge on any atom is -0.317 e. The van der Waals surface area contributed by atoms with Gasteiger partial charge < -0.3 is 5.32 Å². The molecule has 1 aliphatic rings. The van der Waals surface area contributed by atoms with Crippen molar-refractivity contribution in [3.8, 4) is 0 Å². The molecule has 1 aromatic rings. The lowest BCUT2D eigenvalue weighted by molar-refractivity contribution is 0.501. The molecule has 1 unspecified atom stereocenters. The Morgan fingerprint density at radius 1 is 1.67 bits per heavy atom. The Morgan fingerprint density at radius 3 is 3.25 bits per heavy atom. The Balaban J connectivity index is 2.22. The van der Waals surface area contributed by atoms with Crippen LogP contribution in [-0.4, -0.2) is 13.1 Å². The second-order valence-electron chi connectivity index (χ2n) is 3.23. The van der Waals surface area contributed by atoms with Gasteiger partial charge in [0.25, 0.3) is 0 Å². The summed E-state index contributed by atoms with van der Waals surface area (Å²) >= 11 is 1.30. The molecule has 0 aliphatic heterocycles. The summed E-state index contributed by atoms with van der Waals surface area (Å²) in [5.41, 5.74) is 1.23. The number of hydrogen-bond donors (Lipinski definition) is 1. The van der Waals surface area contributed by atoms with E-state index in [1.165, 1.54) is 21.8 Å². The average molecular weight is 185 g/mol. The minimum absolute atomic E-state index is 0.0308. The van der Waals surface area contributed by atoms with E-state index in [-0.39, 0.29) is 5.13 Å². The quantitative estimate of drug-likeness (QED) is 0.705. The molecule has 0 radical (unpaired) electrons. The molecule has 1 nitrogen and oxygen atoms in total. The number of aryl methyl sites for hydroxylation is 1. The van der Waals surface area contributed by atoms with Crippen LogP contribution in [0.5, 0.6) is 0 Å². The SMILES string of the molecule is CNC1CCc2cc(F)sc2C1. The normalized spacial score (nSPS) is 22.3. The molecule has 0 saturated heterocycles. The third kappa shape index (κ3) is 1.39. The first-order chi connectivity index (χ1) is 5.79. The Bertz CT molecular complexity index is 282. The number of thiophene rings is 1. The molecule has 0 spiro atoms. The summed E-state index contributed by atoms with van der Waals surface area (Å²) in [5.74, 6) is 0.